The fourth-order valence-electron chi connectivity index (χ4n) is 2.73. The summed E-state index contributed by atoms with van der Waals surface area (Å²) in [4.78, 5) is 16.0. The first kappa shape index (κ1) is 22.7. The second-order valence-electron chi connectivity index (χ2n) is 6.50. The molecule has 1 aromatic carbocycles. The SMILES string of the molecule is CC1CCC(C(=O)Nc2ccc(CCO)nc2)O1.CCOc1cccc(F)c1F. The number of halogens is 2. The van der Waals surface area contributed by atoms with Crippen molar-refractivity contribution in [1.82, 2.24) is 4.98 Å². The molecule has 1 aliphatic heterocycles. The third kappa shape index (κ3) is 7.07. The number of amides is 1. The van der Waals surface area contributed by atoms with Gasteiger partial charge in [0.2, 0.25) is 5.82 Å². The molecule has 2 N–H and O–H groups in total. The van der Waals surface area contributed by atoms with Crippen LogP contribution < -0.4 is 10.1 Å². The molecule has 158 valence electrons. The zero-order chi connectivity index (χ0) is 21.2. The van der Waals surface area contributed by atoms with Crippen LogP contribution in [0.4, 0.5) is 14.5 Å². The summed E-state index contributed by atoms with van der Waals surface area (Å²) in [6.07, 6.45) is 3.62. The van der Waals surface area contributed by atoms with E-state index in [1.165, 1.54) is 12.1 Å². The maximum atomic E-state index is 12.7. The number of hydrogen-bond donors (Lipinski definition) is 2. The highest BCUT2D eigenvalue weighted by atomic mass is 19.2. The highest BCUT2D eigenvalue weighted by Crippen LogP contribution is 2.20. The molecule has 2 atom stereocenters. The fourth-order valence-corrected chi connectivity index (χ4v) is 2.73. The molecule has 1 fully saturated rings. The minimum absolute atomic E-state index is 0.0347. The van der Waals surface area contributed by atoms with Gasteiger partial charge in [0.05, 0.1) is 24.6 Å². The smallest absolute Gasteiger partial charge is 0.253 e. The Morgan fingerprint density at radius 3 is 2.69 bits per heavy atom. The Morgan fingerprint density at radius 1 is 1.31 bits per heavy atom. The quantitative estimate of drug-likeness (QED) is 0.765. The van der Waals surface area contributed by atoms with E-state index in [-0.39, 0.29) is 30.5 Å². The van der Waals surface area contributed by atoms with E-state index in [4.69, 9.17) is 14.6 Å². The Bertz CT molecular complexity index is 787. The van der Waals surface area contributed by atoms with E-state index >= 15 is 0 Å². The number of nitrogens with zero attached hydrogens (tertiary/aromatic N) is 1. The number of aliphatic hydroxyl groups excluding tert-OH is 1. The highest BCUT2D eigenvalue weighted by Gasteiger charge is 2.28. The van der Waals surface area contributed by atoms with Gasteiger partial charge in [0.1, 0.15) is 6.10 Å². The lowest BCUT2D eigenvalue weighted by Crippen LogP contribution is -2.27. The van der Waals surface area contributed by atoms with E-state index in [9.17, 15) is 13.6 Å². The maximum absolute atomic E-state index is 12.7. The minimum atomic E-state index is -0.922. The molecule has 29 heavy (non-hydrogen) atoms. The molecular formula is C21H26F2N2O4. The lowest BCUT2D eigenvalue weighted by molar-refractivity contribution is -0.126. The molecule has 2 aromatic rings. The zero-order valence-electron chi connectivity index (χ0n) is 16.5. The van der Waals surface area contributed by atoms with Gasteiger partial charge in [-0.2, -0.15) is 4.39 Å². The predicted molar refractivity (Wildman–Crippen MR) is 105 cm³/mol. The van der Waals surface area contributed by atoms with Crippen molar-refractivity contribution in [2.24, 2.45) is 0 Å². The topological polar surface area (TPSA) is 80.7 Å². The van der Waals surface area contributed by atoms with Crippen LogP contribution in [-0.4, -0.2) is 41.4 Å². The van der Waals surface area contributed by atoms with Crippen molar-refractivity contribution in [3.63, 3.8) is 0 Å². The number of nitrogens with one attached hydrogen (secondary N) is 1. The minimum Gasteiger partial charge on any atom is -0.491 e. The summed E-state index contributed by atoms with van der Waals surface area (Å²) >= 11 is 0. The van der Waals surface area contributed by atoms with E-state index in [0.717, 1.165) is 24.6 Å². The monoisotopic (exact) mass is 408 g/mol. The number of benzene rings is 1. The van der Waals surface area contributed by atoms with Gasteiger partial charge < -0.3 is 19.9 Å². The molecule has 2 heterocycles. The number of carbonyl (C=O) groups is 1. The Balaban J connectivity index is 0.000000234. The standard InChI is InChI=1S/C13H18N2O3.C8H8F2O/c1-9-2-5-12(18-9)13(17)15-11-4-3-10(6-7-16)14-8-11;1-2-11-7-5-3-4-6(9)8(7)10/h3-4,8-9,12,16H,2,5-7H2,1H3,(H,15,17);3-5H,2H2,1H3. The number of aliphatic hydroxyl groups is 1. The van der Waals surface area contributed by atoms with Gasteiger partial charge in [-0.3, -0.25) is 9.78 Å². The average molecular weight is 408 g/mol. The number of pyridine rings is 1. The lowest BCUT2D eigenvalue weighted by Gasteiger charge is -2.11. The van der Waals surface area contributed by atoms with E-state index in [0.29, 0.717) is 18.7 Å². The number of hydrogen-bond acceptors (Lipinski definition) is 5. The van der Waals surface area contributed by atoms with E-state index in [1.54, 1.807) is 25.3 Å². The van der Waals surface area contributed by atoms with Crippen LogP contribution in [0, 0.1) is 11.6 Å². The first-order valence-electron chi connectivity index (χ1n) is 9.53. The highest BCUT2D eigenvalue weighted by molar-refractivity contribution is 5.94. The van der Waals surface area contributed by atoms with Crippen LogP contribution in [0.5, 0.6) is 5.75 Å². The average Bonchev–Trinajstić information content (AvgIpc) is 3.14. The van der Waals surface area contributed by atoms with Gasteiger partial charge in [0.15, 0.2) is 11.6 Å². The maximum Gasteiger partial charge on any atom is 0.253 e. The second kappa shape index (κ2) is 11.4. The molecule has 3 rings (SSSR count). The van der Waals surface area contributed by atoms with Gasteiger partial charge in [0.25, 0.3) is 5.91 Å². The van der Waals surface area contributed by atoms with Gasteiger partial charge in [-0.1, -0.05) is 6.07 Å². The van der Waals surface area contributed by atoms with Crippen molar-refractivity contribution in [2.75, 3.05) is 18.5 Å². The van der Waals surface area contributed by atoms with Crippen molar-refractivity contribution in [2.45, 2.75) is 45.3 Å². The largest absolute Gasteiger partial charge is 0.491 e. The molecule has 8 heteroatoms. The van der Waals surface area contributed by atoms with Crippen LogP contribution >= 0.6 is 0 Å². The molecule has 0 spiro atoms. The van der Waals surface area contributed by atoms with E-state index in [1.807, 2.05) is 6.92 Å². The summed E-state index contributed by atoms with van der Waals surface area (Å²) in [5.41, 5.74) is 1.46. The van der Waals surface area contributed by atoms with Gasteiger partial charge >= 0.3 is 0 Å². The molecule has 1 aromatic heterocycles. The number of rotatable bonds is 6. The summed E-state index contributed by atoms with van der Waals surface area (Å²) in [6.45, 7) is 4.09. The third-order valence-corrected chi connectivity index (χ3v) is 4.20. The Labute approximate surface area is 168 Å². The number of anilines is 1. The zero-order valence-corrected chi connectivity index (χ0v) is 16.5. The van der Waals surface area contributed by atoms with Crippen molar-refractivity contribution < 1.29 is 28.2 Å². The van der Waals surface area contributed by atoms with Crippen LogP contribution in [0.3, 0.4) is 0 Å². The molecule has 2 unspecified atom stereocenters. The molecule has 0 bridgehead atoms. The third-order valence-electron chi connectivity index (χ3n) is 4.20. The van der Waals surface area contributed by atoms with Crippen molar-refractivity contribution in [3.05, 3.63) is 53.9 Å². The van der Waals surface area contributed by atoms with Crippen LogP contribution in [0.25, 0.3) is 0 Å². The van der Waals surface area contributed by atoms with Gasteiger partial charge in [-0.05, 0) is 51.0 Å². The van der Waals surface area contributed by atoms with Crippen molar-refractivity contribution >= 4 is 11.6 Å². The van der Waals surface area contributed by atoms with Crippen LogP contribution in [0.1, 0.15) is 32.4 Å². The van der Waals surface area contributed by atoms with E-state index < -0.39 is 11.6 Å². The number of carbonyl (C=O) groups excluding carboxylic acids is 1. The fraction of sp³-hybridized carbons (Fsp3) is 0.429. The number of ether oxygens (including phenoxy) is 2. The predicted octanol–water partition coefficient (Wildman–Crippen LogP) is 3.49. The van der Waals surface area contributed by atoms with Crippen molar-refractivity contribution in [1.29, 1.82) is 0 Å². The summed E-state index contributed by atoms with van der Waals surface area (Å²) in [6, 6.07) is 7.43. The summed E-state index contributed by atoms with van der Waals surface area (Å²) in [7, 11) is 0. The van der Waals surface area contributed by atoms with Gasteiger partial charge in [0, 0.05) is 18.7 Å². The molecule has 0 radical (unpaired) electrons. The molecule has 1 saturated heterocycles. The van der Waals surface area contributed by atoms with Crippen LogP contribution in [-0.2, 0) is 16.0 Å². The molecule has 6 nitrogen and oxygen atoms in total. The lowest BCUT2D eigenvalue weighted by atomic mass is 10.2. The summed E-state index contributed by atoms with van der Waals surface area (Å²) in [5.74, 6) is -1.95. The second-order valence-corrected chi connectivity index (χ2v) is 6.50. The normalized spacial score (nSPS) is 18.0. The van der Waals surface area contributed by atoms with Crippen LogP contribution in [0.15, 0.2) is 36.5 Å². The first-order chi connectivity index (χ1) is 13.9. The van der Waals surface area contributed by atoms with E-state index in [2.05, 4.69) is 10.3 Å². The molecule has 1 aliphatic rings. The van der Waals surface area contributed by atoms with Crippen molar-refractivity contribution in [3.8, 4) is 5.75 Å². The Kier molecular flexibility index (Phi) is 8.95. The summed E-state index contributed by atoms with van der Waals surface area (Å²) in [5, 5.41) is 11.6. The summed E-state index contributed by atoms with van der Waals surface area (Å²) < 4.78 is 35.4. The molecule has 1 amide bonds. The Hall–Kier alpha value is -2.58. The first-order valence-corrected chi connectivity index (χ1v) is 9.53. The molecule has 0 aliphatic carbocycles. The Morgan fingerprint density at radius 2 is 2.10 bits per heavy atom. The van der Waals surface area contributed by atoms with Crippen LogP contribution in [0.2, 0.25) is 0 Å². The molecule has 0 saturated carbocycles. The number of aromatic nitrogens is 1. The molecular weight excluding hydrogens is 382 g/mol. The van der Waals surface area contributed by atoms with Gasteiger partial charge in [-0.25, -0.2) is 4.39 Å². The van der Waals surface area contributed by atoms with Gasteiger partial charge in [-0.15, -0.1) is 0 Å².